The molecule has 0 bridgehead atoms. The molecule has 7 nitrogen and oxygen atoms in total. The first-order chi connectivity index (χ1) is 14.3. The lowest BCUT2D eigenvalue weighted by atomic mass is 10.2. The first-order valence-corrected chi connectivity index (χ1v) is 12.3. The molecule has 0 radical (unpaired) electrons. The molecule has 1 aromatic heterocycles. The molecule has 1 amide bonds. The number of hydrogen-bond donors (Lipinski definition) is 1. The third kappa shape index (κ3) is 5.59. The first kappa shape index (κ1) is 22.3. The molecular formula is C20H22N4O3S3. The molecule has 10 heteroatoms. The zero-order valence-corrected chi connectivity index (χ0v) is 19.2. The number of aryl methyl sites for hydroxylation is 1. The van der Waals surface area contributed by atoms with E-state index in [-0.39, 0.29) is 11.4 Å². The van der Waals surface area contributed by atoms with Gasteiger partial charge in [-0.25, -0.2) is 8.42 Å². The smallest absolute Gasteiger partial charge is 0.264 e. The highest BCUT2D eigenvalue weighted by atomic mass is 32.2. The lowest BCUT2D eigenvalue weighted by Gasteiger charge is -2.24. The van der Waals surface area contributed by atoms with E-state index in [1.165, 1.54) is 23.5 Å². The van der Waals surface area contributed by atoms with Crippen molar-refractivity contribution in [2.45, 2.75) is 35.3 Å². The van der Waals surface area contributed by atoms with Crippen molar-refractivity contribution in [3.8, 4) is 0 Å². The lowest BCUT2D eigenvalue weighted by Crippen LogP contribution is -2.38. The molecule has 0 saturated carbocycles. The van der Waals surface area contributed by atoms with Crippen LogP contribution in [0, 0.1) is 6.92 Å². The van der Waals surface area contributed by atoms with Crippen LogP contribution < -0.4 is 9.62 Å². The fourth-order valence-corrected chi connectivity index (χ4v) is 6.04. The zero-order valence-electron chi connectivity index (χ0n) is 16.8. The highest BCUT2D eigenvalue weighted by Gasteiger charge is 2.27. The molecule has 0 unspecified atom stereocenters. The molecule has 0 spiro atoms. The fourth-order valence-electron chi connectivity index (χ4n) is 2.62. The average molecular weight is 463 g/mol. The molecule has 0 atom stereocenters. The van der Waals surface area contributed by atoms with Gasteiger partial charge in [0.2, 0.25) is 11.0 Å². The Morgan fingerprint density at radius 3 is 2.53 bits per heavy atom. The Hall–Kier alpha value is -2.43. The Balaban J connectivity index is 1.86. The highest BCUT2D eigenvalue weighted by molar-refractivity contribution is 8.01. The summed E-state index contributed by atoms with van der Waals surface area (Å²) < 4.78 is 28.4. The summed E-state index contributed by atoms with van der Waals surface area (Å²) in [4.78, 5) is 12.8. The van der Waals surface area contributed by atoms with Crippen LogP contribution in [0.25, 0.3) is 0 Å². The molecule has 0 saturated heterocycles. The lowest BCUT2D eigenvalue weighted by molar-refractivity contribution is -0.114. The minimum absolute atomic E-state index is 0.117. The largest absolute Gasteiger partial charge is 0.299 e. The van der Waals surface area contributed by atoms with Crippen LogP contribution in [-0.2, 0) is 14.8 Å². The van der Waals surface area contributed by atoms with E-state index < -0.39 is 15.9 Å². The predicted molar refractivity (Wildman–Crippen MR) is 122 cm³/mol. The number of aromatic nitrogens is 2. The van der Waals surface area contributed by atoms with Crippen molar-refractivity contribution in [3.63, 3.8) is 0 Å². The van der Waals surface area contributed by atoms with Gasteiger partial charge in [-0.1, -0.05) is 67.3 Å². The van der Waals surface area contributed by atoms with E-state index in [0.29, 0.717) is 16.1 Å². The monoisotopic (exact) mass is 462 g/mol. The van der Waals surface area contributed by atoms with Crippen molar-refractivity contribution in [2.24, 2.45) is 0 Å². The molecule has 1 N–H and O–H groups in total. The van der Waals surface area contributed by atoms with Crippen molar-refractivity contribution < 1.29 is 13.2 Å². The number of nitrogens with one attached hydrogen (secondary N) is 1. The zero-order chi connectivity index (χ0) is 21.7. The van der Waals surface area contributed by atoms with Crippen molar-refractivity contribution >= 4 is 49.8 Å². The van der Waals surface area contributed by atoms with Crippen LogP contribution in [0.3, 0.4) is 0 Å². The predicted octanol–water partition coefficient (Wildman–Crippen LogP) is 4.18. The van der Waals surface area contributed by atoms with E-state index >= 15 is 0 Å². The number of anilines is 2. The molecule has 0 aliphatic carbocycles. The Bertz CT molecular complexity index is 1120. The third-order valence-corrected chi connectivity index (χ3v) is 7.61. The number of hydrogen-bond acceptors (Lipinski definition) is 7. The van der Waals surface area contributed by atoms with Gasteiger partial charge in [0.15, 0.2) is 4.34 Å². The molecular weight excluding hydrogens is 440 g/mol. The maximum Gasteiger partial charge on any atom is 0.264 e. The molecule has 1 heterocycles. The first-order valence-electron chi connectivity index (χ1n) is 9.20. The number of rotatable bonds is 8. The maximum atomic E-state index is 13.3. The minimum atomic E-state index is -3.93. The second-order valence-corrected chi connectivity index (χ2v) is 11.4. The van der Waals surface area contributed by atoms with Gasteiger partial charge in [-0.05, 0) is 36.8 Å². The van der Waals surface area contributed by atoms with Crippen LogP contribution in [0.2, 0.25) is 0 Å². The van der Waals surface area contributed by atoms with Crippen LogP contribution in [0.15, 0.2) is 63.8 Å². The van der Waals surface area contributed by atoms with Gasteiger partial charge < -0.3 is 0 Å². The molecule has 3 rings (SSSR count). The number of benzene rings is 2. The van der Waals surface area contributed by atoms with Crippen LogP contribution in [-0.4, -0.2) is 36.3 Å². The Morgan fingerprint density at radius 1 is 1.13 bits per heavy atom. The van der Waals surface area contributed by atoms with E-state index in [4.69, 9.17) is 0 Å². The number of thioether (sulfide) groups is 1. The molecule has 0 aliphatic rings. The summed E-state index contributed by atoms with van der Waals surface area (Å²) in [5.74, 6) is -0.492. The van der Waals surface area contributed by atoms with Crippen molar-refractivity contribution in [2.75, 3.05) is 16.2 Å². The standard InChI is InChI=1S/C20H22N4O3S3/c1-14(2)28-20-23-22-19(29-20)21-18(25)13-24(16-9-7-8-15(3)12-16)30(26,27)17-10-5-4-6-11-17/h4-12,14H,13H2,1-3H3,(H,21,22,25). The molecule has 30 heavy (non-hydrogen) atoms. The fraction of sp³-hybridized carbons (Fsp3) is 0.250. The third-order valence-electron chi connectivity index (χ3n) is 3.90. The van der Waals surface area contributed by atoms with E-state index in [1.807, 2.05) is 26.8 Å². The summed E-state index contributed by atoms with van der Waals surface area (Å²) in [6, 6.07) is 15.1. The topological polar surface area (TPSA) is 92.3 Å². The van der Waals surface area contributed by atoms with Crippen LogP contribution in [0.1, 0.15) is 19.4 Å². The van der Waals surface area contributed by atoms with Crippen LogP contribution >= 0.6 is 23.1 Å². The van der Waals surface area contributed by atoms with E-state index in [0.717, 1.165) is 14.2 Å². The summed E-state index contributed by atoms with van der Waals surface area (Å²) in [5.41, 5.74) is 1.31. The number of carbonyl (C=O) groups is 1. The van der Waals surface area contributed by atoms with Gasteiger partial charge in [0.1, 0.15) is 6.54 Å². The van der Waals surface area contributed by atoms with Gasteiger partial charge in [0, 0.05) is 5.25 Å². The minimum Gasteiger partial charge on any atom is -0.299 e. The van der Waals surface area contributed by atoms with E-state index in [1.54, 1.807) is 48.2 Å². The van der Waals surface area contributed by atoms with E-state index in [2.05, 4.69) is 15.5 Å². The van der Waals surface area contributed by atoms with Gasteiger partial charge in [0.05, 0.1) is 10.6 Å². The van der Waals surface area contributed by atoms with Gasteiger partial charge >= 0.3 is 0 Å². The summed E-state index contributed by atoms with van der Waals surface area (Å²) in [5, 5.41) is 11.4. The quantitative estimate of drug-likeness (QED) is 0.399. The Labute approximate surface area is 184 Å². The number of nitrogens with zero attached hydrogens (tertiary/aromatic N) is 3. The average Bonchev–Trinajstić information content (AvgIpc) is 3.12. The maximum absolute atomic E-state index is 13.3. The van der Waals surface area contributed by atoms with E-state index in [9.17, 15) is 13.2 Å². The molecule has 0 aliphatic heterocycles. The second kappa shape index (κ2) is 9.59. The Morgan fingerprint density at radius 2 is 1.87 bits per heavy atom. The van der Waals surface area contributed by atoms with Crippen LogP contribution in [0.5, 0.6) is 0 Å². The van der Waals surface area contributed by atoms with Crippen molar-refractivity contribution in [1.29, 1.82) is 0 Å². The van der Waals surface area contributed by atoms with Gasteiger partial charge in [-0.15, -0.1) is 10.2 Å². The number of carbonyl (C=O) groups excluding carboxylic acids is 1. The number of sulfonamides is 1. The summed E-state index contributed by atoms with van der Waals surface area (Å²) in [7, 11) is -3.93. The van der Waals surface area contributed by atoms with Crippen molar-refractivity contribution in [3.05, 3.63) is 60.2 Å². The molecule has 158 valence electrons. The van der Waals surface area contributed by atoms with Gasteiger partial charge in [-0.3, -0.25) is 14.4 Å². The molecule has 3 aromatic rings. The summed E-state index contributed by atoms with van der Waals surface area (Å²) in [6.45, 7) is 5.57. The molecule has 2 aromatic carbocycles. The molecule has 0 fully saturated rings. The normalized spacial score (nSPS) is 11.5. The summed E-state index contributed by atoms with van der Waals surface area (Å²) in [6.07, 6.45) is 0. The second-order valence-electron chi connectivity index (χ2n) is 6.75. The Kier molecular flexibility index (Phi) is 7.11. The summed E-state index contributed by atoms with van der Waals surface area (Å²) >= 11 is 2.81. The van der Waals surface area contributed by atoms with Gasteiger partial charge in [0.25, 0.3) is 10.0 Å². The van der Waals surface area contributed by atoms with Gasteiger partial charge in [-0.2, -0.15) is 0 Å². The highest BCUT2D eigenvalue weighted by Crippen LogP contribution is 2.29. The number of amides is 1. The van der Waals surface area contributed by atoms with Crippen molar-refractivity contribution in [1.82, 2.24) is 10.2 Å². The SMILES string of the molecule is Cc1cccc(N(CC(=O)Nc2nnc(SC(C)C)s2)S(=O)(=O)c2ccccc2)c1. The van der Waals surface area contributed by atoms with Crippen LogP contribution in [0.4, 0.5) is 10.8 Å².